The molecule has 0 aromatic heterocycles. The fourth-order valence-electron chi connectivity index (χ4n) is 2.90. The van der Waals surface area contributed by atoms with Crippen molar-refractivity contribution < 1.29 is 37.0 Å². The maximum atomic E-state index is 13.0. The van der Waals surface area contributed by atoms with Gasteiger partial charge in [-0.25, -0.2) is 13.2 Å². The Morgan fingerprint density at radius 2 is 1.68 bits per heavy atom. The van der Waals surface area contributed by atoms with Crippen LogP contribution in [0.2, 0.25) is 0 Å². The number of sulfonamides is 1. The summed E-state index contributed by atoms with van der Waals surface area (Å²) in [5, 5.41) is 2.53. The van der Waals surface area contributed by atoms with E-state index in [0.717, 1.165) is 4.31 Å². The molecule has 1 N–H and O–H groups in total. The minimum Gasteiger partial charge on any atom is -0.495 e. The second kappa shape index (κ2) is 12.6. The standard InChI is InChI=1S/C23H28N2O8S/c1-4-32-22(27)10-7-15-24-21(26)16-33-23(28)17-11-13-18(14-12-17)34(29,30)25(2)19-8-5-6-9-20(19)31-3/h5-6,8-9,11-14H,4,7,10,15-16H2,1-3H3,(H,24,26). The topological polar surface area (TPSA) is 128 Å². The minimum atomic E-state index is -3.91. The van der Waals surface area contributed by atoms with Gasteiger partial charge in [0.05, 0.1) is 29.9 Å². The van der Waals surface area contributed by atoms with Crippen LogP contribution < -0.4 is 14.4 Å². The van der Waals surface area contributed by atoms with Crippen molar-refractivity contribution in [2.45, 2.75) is 24.7 Å². The summed E-state index contributed by atoms with van der Waals surface area (Å²) in [7, 11) is -1.06. The molecule has 184 valence electrons. The number of nitrogens with zero attached hydrogens (tertiary/aromatic N) is 1. The van der Waals surface area contributed by atoms with Gasteiger partial charge in [-0.05, 0) is 49.7 Å². The maximum Gasteiger partial charge on any atom is 0.338 e. The summed E-state index contributed by atoms with van der Waals surface area (Å²) in [6.45, 7) is 1.74. The highest BCUT2D eigenvalue weighted by Gasteiger charge is 2.24. The molecule has 0 aliphatic heterocycles. The molecular weight excluding hydrogens is 464 g/mol. The first-order valence-corrected chi connectivity index (χ1v) is 12.0. The smallest absolute Gasteiger partial charge is 0.338 e. The van der Waals surface area contributed by atoms with Gasteiger partial charge in [0.15, 0.2) is 6.61 Å². The molecule has 0 atom stereocenters. The van der Waals surface area contributed by atoms with Gasteiger partial charge in [-0.2, -0.15) is 0 Å². The zero-order valence-corrected chi connectivity index (χ0v) is 20.1. The van der Waals surface area contributed by atoms with Crippen LogP contribution >= 0.6 is 0 Å². The van der Waals surface area contributed by atoms with Crippen LogP contribution in [0.15, 0.2) is 53.4 Å². The second-order valence-corrected chi connectivity index (χ2v) is 8.97. The first-order valence-electron chi connectivity index (χ1n) is 10.5. The van der Waals surface area contributed by atoms with Crippen molar-refractivity contribution in [1.29, 1.82) is 0 Å². The van der Waals surface area contributed by atoms with Gasteiger partial charge in [0.1, 0.15) is 5.75 Å². The van der Waals surface area contributed by atoms with Gasteiger partial charge >= 0.3 is 11.9 Å². The molecule has 2 rings (SSSR count). The minimum absolute atomic E-state index is 0.0307. The number of carbonyl (C=O) groups is 3. The Hall–Kier alpha value is -3.60. The quantitative estimate of drug-likeness (QED) is 0.353. The first kappa shape index (κ1) is 26.7. The lowest BCUT2D eigenvalue weighted by Crippen LogP contribution is -2.30. The summed E-state index contributed by atoms with van der Waals surface area (Å²) in [6, 6.07) is 11.9. The van der Waals surface area contributed by atoms with E-state index < -0.39 is 28.5 Å². The fraction of sp³-hybridized carbons (Fsp3) is 0.348. The van der Waals surface area contributed by atoms with Crippen molar-refractivity contribution in [3.63, 3.8) is 0 Å². The van der Waals surface area contributed by atoms with E-state index >= 15 is 0 Å². The number of para-hydroxylation sites is 2. The maximum absolute atomic E-state index is 13.0. The Labute approximate surface area is 198 Å². The van der Waals surface area contributed by atoms with Crippen molar-refractivity contribution in [2.24, 2.45) is 0 Å². The molecule has 2 aromatic carbocycles. The van der Waals surface area contributed by atoms with Gasteiger partial charge in [0.2, 0.25) is 0 Å². The van der Waals surface area contributed by atoms with E-state index in [-0.39, 0.29) is 29.4 Å². The largest absolute Gasteiger partial charge is 0.495 e. The Morgan fingerprint density at radius 3 is 2.32 bits per heavy atom. The van der Waals surface area contributed by atoms with Crippen LogP contribution in [0.25, 0.3) is 0 Å². The van der Waals surface area contributed by atoms with E-state index in [1.807, 2.05) is 0 Å². The SMILES string of the molecule is CCOC(=O)CCCNC(=O)COC(=O)c1ccc(S(=O)(=O)N(C)c2ccccc2OC)cc1. The van der Waals surface area contributed by atoms with Gasteiger partial charge in [-0.1, -0.05) is 12.1 Å². The lowest BCUT2D eigenvalue weighted by molar-refractivity contribution is -0.143. The average molecular weight is 493 g/mol. The molecule has 0 aliphatic rings. The number of anilines is 1. The molecule has 2 aromatic rings. The number of esters is 2. The van der Waals surface area contributed by atoms with Crippen molar-refractivity contribution in [3.05, 3.63) is 54.1 Å². The third-order valence-electron chi connectivity index (χ3n) is 4.69. The van der Waals surface area contributed by atoms with E-state index in [9.17, 15) is 22.8 Å². The third kappa shape index (κ3) is 7.20. The van der Waals surface area contributed by atoms with Crippen LogP contribution in [0.3, 0.4) is 0 Å². The zero-order valence-electron chi connectivity index (χ0n) is 19.3. The molecule has 0 saturated heterocycles. The highest BCUT2D eigenvalue weighted by Crippen LogP contribution is 2.30. The molecule has 1 amide bonds. The van der Waals surface area contributed by atoms with Gasteiger partial charge < -0.3 is 19.5 Å². The Bertz CT molecular complexity index is 1100. The Balaban J connectivity index is 1.91. The fourth-order valence-corrected chi connectivity index (χ4v) is 4.11. The van der Waals surface area contributed by atoms with E-state index in [2.05, 4.69) is 5.32 Å². The molecule has 34 heavy (non-hydrogen) atoms. The van der Waals surface area contributed by atoms with Crippen molar-refractivity contribution in [1.82, 2.24) is 5.32 Å². The molecule has 0 heterocycles. The van der Waals surface area contributed by atoms with Crippen molar-refractivity contribution in [3.8, 4) is 5.75 Å². The van der Waals surface area contributed by atoms with Crippen LogP contribution in [0.1, 0.15) is 30.1 Å². The number of carbonyl (C=O) groups excluding carboxylic acids is 3. The van der Waals surface area contributed by atoms with Crippen LogP contribution in [0.4, 0.5) is 5.69 Å². The number of hydrogen-bond donors (Lipinski definition) is 1. The lowest BCUT2D eigenvalue weighted by Gasteiger charge is -2.21. The van der Waals surface area contributed by atoms with Crippen molar-refractivity contribution >= 4 is 33.6 Å². The summed E-state index contributed by atoms with van der Waals surface area (Å²) in [4.78, 5) is 35.2. The number of ether oxygens (including phenoxy) is 3. The van der Waals surface area contributed by atoms with E-state index in [1.54, 1.807) is 31.2 Å². The Morgan fingerprint density at radius 1 is 1.00 bits per heavy atom. The van der Waals surface area contributed by atoms with Crippen molar-refractivity contribution in [2.75, 3.05) is 38.2 Å². The van der Waals surface area contributed by atoms with Gasteiger partial charge in [-0.3, -0.25) is 13.9 Å². The molecule has 10 nitrogen and oxygen atoms in total. The molecule has 0 fully saturated rings. The second-order valence-electron chi connectivity index (χ2n) is 7.00. The highest BCUT2D eigenvalue weighted by atomic mass is 32.2. The van der Waals surface area contributed by atoms with E-state index in [4.69, 9.17) is 14.2 Å². The monoisotopic (exact) mass is 492 g/mol. The van der Waals surface area contributed by atoms with E-state index in [0.29, 0.717) is 24.5 Å². The summed E-state index contributed by atoms with van der Waals surface area (Å²) in [5.74, 6) is -1.24. The number of rotatable bonds is 12. The van der Waals surface area contributed by atoms with Gasteiger partial charge in [0, 0.05) is 20.0 Å². The summed E-state index contributed by atoms with van der Waals surface area (Å²) in [5.41, 5.74) is 0.454. The molecule has 0 aliphatic carbocycles. The van der Waals surface area contributed by atoms with Gasteiger partial charge in [0.25, 0.3) is 15.9 Å². The third-order valence-corrected chi connectivity index (χ3v) is 6.48. The van der Waals surface area contributed by atoms with Gasteiger partial charge in [-0.15, -0.1) is 0 Å². The number of amides is 1. The summed E-state index contributed by atoms with van der Waals surface area (Å²) >= 11 is 0. The zero-order chi connectivity index (χ0) is 25.1. The number of nitrogens with one attached hydrogen (secondary N) is 1. The molecular formula is C23H28N2O8S. The highest BCUT2D eigenvalue weighted by molar-refractivity contribution is 7.92. The molecule has 0 bridgehead atoms. The van der Waals surface area contributed by atoms with Crippen LogP contribution in [0, 0.1) is 0 Å². The molecule has 0 spiro atoms. The predicted molar refractivity (Wildman–Crippen MR) is 124 cm³/mol. The normalized spacial score (nSPS) is 10.8. The molecule has 0 saturated carbocycles. The number of hydrogen-bond acceptors (Lipinski definition) is 8. The van der Waals surface area contributed by atoms with E-state index in [1.165, 1.54) is 38.4 Å². The Kier molecular flexibility index (Phi) is 9.87. The number of benzene rings is 2. The number of methoxy groups -OCH3 is 1. The average Bonchev–Trinajstić information content (AvgIpc) is 2.84. The molecule has 0 radical (unpaired) electrons. The molecule has 0 unspecified atom stereocenters. The summed E-state index contributed by atoms with van der Waals surface area (Å²) < 4.78 is 42.0. The van der Waals surface area contributed by atoms with Crippen LogP contribution in [-0.2, 0) is 29.1 Å². The first-order chi connectivity index (χ1) is 16.2. The van der Waals surface area contributed by atoms with Crippen LogP contribution in [0.5, 0.6) is 5.75 Å². The summed E-state index contributed by atoms with van der Waals surface area (Å²) in [6.07, 6.45) is 0.577. The molecule has 11 heteroatoms. The lowest BCUT2D eigenvalue weighted by atomic mass is 10.2. The predicted octanol–water partition coefficient (Wildman–Crippen LogP) is 2.14. The van der Waals surface area contributed by atoms with Crippen LogP contribution in [-0.4, -0.2) is 60.2 Å².